The number of rotatable bonds is 2. The van der Waals surface area contributed by atoms with Gasteiger partial charge < -0.3 is 0 Å². The number of thiophene rings is 1. The molecule has 0 aliphatic rings. The molecular weight excluding hydrogens is 210 g/mol. The van der Waals surface area contributed by atoms with Gasteiger partial charge in [-0.2, -0.15) is 11.3 Å². The fraction of sp³-hybridized carbons (Fsp3) is 0.300. The highest BCUT2D eigenvalue weighted by Gasteiger charge is 2.23. The summed E-state index contributed by atoms with van der Waals surface area (Å²) < 4.78 is 0. The van der Waals surface area contributed by atoms with Crippen molar-refractivity contribution < 1.29 is 4.79 Å². The van der Waals surface area contributed by atoms with E-state index in [0.717, 1.165) is 5.56 Å². The maximum absolute atomic E-state index is 11.5. The van der Waals surface area contributed by atoms with E-state index in [4.69, 9.17) is 6.42 Å². The zero-order valence-corrected chi connectivity index (χ0v) is 10.4. The van der Waals surface area contributed by atoms with Crippen molar-refractivity contribution in [3.63, 3.8) is 0 Å². The molecule has 1 rings (SSSR count). The van der Waals surface area contributed by atoms with Crippen LogP contribution >= 0.6 is 11.3 Å². The first-order valence-electron chi connectivity index (χ1n) is 4.29. The monoisotopic (exact) mass is 223 g/mol. The third-order valence-electron chi connectivity index (χ3n) is 1.90. The summed E-state index contributed by atoms with van der Waals surface area (Å²) in [6.45, 7) is 6.63. The van der Waals surface area contributed by atoms with Gasteiger partial charge in [0.25, 0.3) is 5.91 Å². The maximum atomic E-state index is 11.5. The Morgan fingerprint density at radius 3 is 2.64 bits per heavy atom. The van der Waals surface area contributed by atoms with Crippen molar-refractivity contribution in [3.05, 3.63) is 16.3 Å². The van der Waals surface area contributed by atoms with Crippen LogP contribution in [-0.2, 0) is 0 Å². The number of nitrogens with one attached hydrogen (secondary N) is 1. The van der Waals surface area contributed by atoms with E-state index in [1.54, 1.807) is 11.3 Å². The highest BCUT2D eigenvalue weighted by molar-refractivity contribution is 7.10. The van der Waals surface area contributed by atoms with Crippen LogP contribution in [0.1, 0.15) is 10.4 Å². The van der Waals surface area contributed by atoms with E-state index in [-0.39, 0.29) is 5.91 Å². The van der Waals surface area contributed by atoms with E-state index in [1.807, 2.05) is 5.38 Å². The molecule has 0 bridgehead atoms. The van der Waals surface area contributed by atoms with E-state index < -0.39 is 8.07 Å². The Bertz CT molecular complexity index is 384. The quantitative estimate of drug-likeness (QED) is 0.461. The molecule has 1 amide bonds. The number of hydrogen-bond acceptors (Lipinski definition) is 2. The molecule has 14 heavy (non-hydrogen) atoms. The molecule has 4 heteroatoms. The lowest BCUT2D eigenvalue weighted by molar-refractivity contribution is 0.0975. The highest BCUT2D eigenvalue weighted by Crippen LogP contribution is 2.11. The van der Waals surface area contributed by atoms with Gasteiger partial charge in [-0.25, -0.2) is 0 Å². The molecule has 0 saturated carbocycles. The van der Waals surface area contributed by atoms with Gasteiger partial charge in [-0.15, -0.1) is 0 Å². The summed E-state index contributed by atoms with van der Waals surface area (Å²) in [4.78, 5) is 11.5. The van der Waals surface area contributed by atoms with Crippen molar-refractivity contribution in [2.45, 2.75) is 19.6 Å². The summed E-state index contributed by atoms with van der Waals surface area (Å²) >= 11 is 1.55. The van der Waals surface area contributed by atoms with E-state index >= 15 is 0 Å². The second-order valence-corrected chi connectivity index (χ2v) is 9.83. The van der Waals surface area contributed by atoms with Crippen LogP contribution in [0.3, 0.4) is 0 Å². The van der Waals surface area contributed by atoms with Crippen LogP contribution in [0.25, 0.3) is 0 Å². The first kappa shape index (κ1) is 11.0. The standard InChI is InChI=1S/C10H13NOSSi/c1-5-11-10(12)8-6-13-7-9(8)14(2,3)4/h1,6-7H,2-4H3,(H,11,12). The van der Waals surface area contributed by atoms with Gasteiger partial charge in [0.1, 0.15) is 0 Å². The second-order valence-electron chi connectivity index (χ2n) is 4.05. The van der Waals surface area contributed by atoms with Gasteiger partial charge in [-0.1, -0.05) is 26.1 Å². The van der Waals surface area contributed by atoms with Crippen LogP contribution in [-0.4, -0.2) is 14.0 Å². The maximum Gasteiger partial charge on any atom is 0.263 e. The molecule has 0 spiro atoms. The first-order valence-corrected chi connectivity index (χ1v) is 8.73. The molecule has 0 aliphatic heterocycles. The van der Waals surface area contributed by atoms with Gasteiger partial charge in [0, 0.05) is 11.4 Å². The normalized spacial score (nSPS) is 10.7. The second kappa shape index (κ2) is 3.99. The molecule has 1 N–H and O–H groups in total. The number of amides is 1. The van der Waals surface area contributed by atoms with Gasteiger partial charge >= 0.3 is 0 Å². The lowest BCUT2D eigenvalue weighted by atomic mass is 10.3. The minimum Gasteiger partial charge on any atom is -0.281 e. The van der Waals surface area contributed by atoms with E-state index in [2.05, 4.69) is 36.4 Å². The highest BCUT2D eigenvalue weighted by atomic mass is 32.1. The molecular formula is C10H13NOSSi. The Morgan fingerprint density at radius 2 is 2.14 bits per heavy atom. The van der Waals surface area contributed by atoms with Crippen LogP contribution < -0.4 is 10.5 Å². The molecule has 74 valence electrons. The fourth-order valence-electron chi connectivity index (χ4n) is 1.19. The van der Waals surface area contributed by atoms with Crippen molar-refractivity contribution in [3.8, 4) is 12.5 Å². The van der Waals surface area contributed by atoms with Crippen LogP contribution in [0.5, 0.6) is 0 Å². The summed E-state index contributed by atoms with van der Waals surface area (Å²) in [5.41, 5.74) is 0.743. The molecule has 2 nitrogen and oxygen atoms in total. The number of hydrogen-bond donors (Lipinski definition) is 1. The Hall–Kier alpha value is -1.05. The summed E-state index contributed by atoms with van der Waals surface area (Å²) in [7, 11) is -1.44. The topological polar surface area (TPSA) is 29.1 Å². The summed E-state index contributed by atoms with van der Waals surface area (Å²) in [5.74, 6) is -0.161. The summed E-state index contributed by atoms with van der Waals surface area (Å²) in [5, 5.41) is 7.47. The molecule has 0 unspecified atom stereocenters. The van der Waals surface area contributed by atoms with Gasteiger partial charge in [0.15, 0.2) is 0 Å². The Labute approximate surface area is 89.4 Å². The molecule has 0 aliphatic carbocycles. The molecule has 0 atom stereocenters. The lowest BCUT2D eigenvalue weighted by Crippen LogP contribution is -2.41. The van der Waals surface area contributed by atoms with Crippen molar-refractivity contribution in [1.29, 1.82) is 0 Å². The van der Waals surface area contributed by atoms with E-state index in [0.29, 0.717) is 0 Å². The van der Waals surface area contributed by atoms with Crippen molar-refractivity contribution in [1.82, 2.24) is 5.32 Å². The molecule has 0 saturated heterocycles. The molecule has 0 aromatic carbocycles. The van der Waals surface area contributed by atoms with Crippen LogP contribution in [0.2, 0.25) is 19.6 Å². The average molecular weight is 223 g/mol. The Kier molecular flexibility index (Phi) is 3.14. The average Bonchev–Trinajstić information content (AvgIpc) is 2.50. The molecule has 0 radical (unpaired) electrons. The van der Waals surface area contributed by atoms with Crippen LogP contribution in [0.15, 0.2) is 10.8 Å². The predicted octanol–water partition coefficient (Wildman–Crippen LogP) is 1.61. The number of carbonyl (C=O) groups is 1. The van der Waals surface area contributed by atoms with Gasteiger partial charge in [-0.3, -0.25) is 10.1 Å². The van der Waals surface area contributed by atoms with E-state index in [9.17, 15) is 4.79 Å². The summed E-state index contributed by atoms with van der Waals surface area (Å²) in [6, 6.07) is 2.15. The molecule has 1 aromatic rings. The zero-order valence-electron chi connectivity index (χ0n) is 8.55. The van der Waals surface area contributed by atoms with Gasteiger partial charge in [-0.05, 0) is 10.6 Å². The summed E-state index contributed by atoms with van der Waals surface area (Å²) in [6.07, 6.45) is 5.03. The molecule has 1 heterocycles. The zero-order chi connectivity index (χ0) is 10.8. The third-order valence-corrected chi connectivity index (χ3v) is 4.88. The Morgan fingerprint density at radius 1 is 1.50 bits per heavy atom. The predicted molar refractivity (Wildman–Crippen MR) is 63.6 cm³/mol. The Balaban J connectivity index is 3.06. The smallest absolute Gasteiger partial charge is 0.263 e. The van der Waals surface area contributed by atoms with Crippen molar-refractivity contribution in [2.24, 2.45) is 0 Å². The lowest BCUT2D eigenvalue weighted by Gasteiger charge is -2.16. The van der Waals surface area contributed by atoms with E-state index in [1.165, 1.54) is 5.19 Å². The molecule has 1 aromatic heterocycles. The van der Waals surface area contributed by atoms with Crippen molar-refractivity contribution in [2.75, 3.05) is 0 Å². The van der Waals surface area contributed by atoms with Crippen LogP contribution in [0.4, 0.5) is 0 Å². The van der Waals surface area contributed by atoms with Crippen LogP contribution in [0, 0.1) is 12.5 Å². The minimum atomic E-state index is -1.44. The largest absolute Gasteiger partial charge is 0.281 e. The SMILES string of the molecule is C#CNC(=O)c1cscc1[Si](C)(C)C. The number of carbonyl (C=O) groups excluding carboxylic acids is 1. The van der Waals surface area contributed by atoms with Crippen molar-refractivity contribution >= 4 is 30.5 Å². The first-order chi connectivity index (χ1) is 6.46. The number of terminal acetylenes is 1. The third kappa shape index (κ3) is 2.25. The van der Waals surface area contributed by atoms with Gasteiger partial charge in [0.2, 0.25) is 0 Å². The molecule has 0 fully saturated rings. The fourth-order valence-corrected chi connectivity index (χ4v) is 4.60. The van der Waals surface area contributed by atoms with Gasteiger partial charge in [0.05, 0.1) is 13.6 Å². The minimum absolute atomic E-state index is 0.161.